The van der Waals surface area contributed by atoms with E-state index < -0.39 is 5.97 Å². The maximum atomic E-state index is 11.0. The minimum absolute atomic E-state index is 0.00528. The van der Waals surface area contributed by atoms with Gasteiger partial charge in [-0.1, -0.05) is 6.07 Å². The van der Waals surface area contributed by atoms with Crippen molar-refractivity contribution in [2.24, 2.45) is 5.92 Å². The molecule has 1 fully saturated rings. The highest BCUT2D eigenvalue weighted by Gasteiger charge is 2.32. The van der Waals surface area contributed by atoms with E-state index in [1.165, 1.54) is 7.11 Å². The van der Waals surface area contributed by atoms with Gasteiger partial charge in [0.05, 0.1) is 13.0 Å². The number of ether oxygens (including phenoxy) is 1. The van der Waals surface area contributed by atoms with Crippen molar-refractivity contribution in [3.63, 3.8) is 0 Å². The Balaban J connectivity index is 2.36. The Labute approximate surface area is 112 Å². The second kappa shape index (κ2) is 5.09. The van der Waals surface area contributed by atoms with Crippen molar-refractivity contribution in [1.29, 1.82) is 0 Å². The molecule has 5 heteroatoms. The summed E-state index contributed by atoms with van der Waals surface area (Å²) in [5.41, 5.74) is 2.59. The summed E-state index contributed by atoms with van der Waals surface area (Å²) in [6.45, 7) is 4.16. The Hall–Kier alpha value is -1.75. The molecule has 0 bridgehead atoms. The number of nitrogens with one attached hydrogen (secondary N) is 1. The zero-order chi connectivity index (χ0) is 14.2. The third-order valence-electron chi connectivity index (χ3n) is 3.79. The molecule has 1 aliphatic heterocycles. The third kappa shape index (κ3) is 2.38. The molecule has 0 aliphatic carbocycles. The maximum absolute atomic E-state index is 11.0. The topological polar surface area (TPSA) is 78.8 Å². The molecule has 104 valence electrons. The third-order valence-corrected chi connectivity index (χ3v) is 3.79. The number of carboxylic acid groups (broad SMARTS) is 1. The van der Waals surface area contributed by atoms with Crippen LogP contribution in [-0.2, 0) is 4.79 Å². The summed E-state index contributed by atoms with van der Waals surface area (Å²) in [5, 5.41) is 22.2. The van der Waals surface area contributed by atoms with Crippen LogP contribution in [0, 0.1) is 19.8 Å². The molecule has 0 saturated carbocycles. The standard InChI is InChI=1S/C14H19NO4/c1-7-4-10(8(2)13(19-3)12(7)16)11-5-9(6-15-11)14(17)18/h4,9,11,15-16H,5-6H2,1-3H3,(H,17,18). The number of phenols is 1. The van der Waals surface area contributed by atoms with E-state index in [9.17, 15) is 9.90 Å². The molecule has 19 heavy (non-hydrogen) atoms. The van der Waals surface area contributed by atoms with E-state index in [0.717, 1.165) is 16.7 Å². The molecule has 2 atom stereocenters. The molecule has 2 rings (SSSR count). The lowest BCUT2D eigenvalue weighted by molar-refractivity contribution is -0.141. The summed E-state index contributed by atoms with van der Waals surface area (Å²) in [6.07, 6.45) is 0.559. The van der Waals surface area contributed by atoms with E-state index >= 15 is 0 Å². The molecule has 3 N–H and O–H groups in total. The number of carbonyl (C=O) groups is 1. The first-order valence-electron chi connectivity index (χ1n) is 6.29. The zero-order valence-electron chi connectivity index (χ0n) is 11.4. The number of rotatable bonds is 3. The predicted molar refractivity (Wildman–Crippen MR) is 70.6 cm³/mol. The first kappa shape index (κ1) is 13.7. The lowest BCUT2D eigenvalue weighted by Crippen LogP contribution is -2.17. The summed E-state index contributed by atoms with van der Waals surface area (Å²) in [7, 11) is 1.52. The van der Waals surface area contributed by atoms with Gasteiger partial charge in [0.2, 0.25) is 0 Å². The Morgan fingerprint density at radius 3 is 2.68 bits per heavy atom. The molecule has 1 saturated heterocycles. The first-order valence-corrected chi connectivity index (χ1v) is 6.29. The quantitative estimate of drug-likeness (QED) is 0.776. The van der Waals surface area contributed by atoms with Crippen LogP contribution in [0.4, 0.5) is 0 Å². The molecule has 1 aliphatic rings. The lowest BCUT2D eigenvalue weighted by atomic mass is 9.94. The maximum Gasteiger partial charge on any atom is 0.307 e. The minimum atomic E-state index is -0.768. The summed E-state index contributed by atoms with van der Waals surface area (Å²) in [6, 6.07) is 1.89. The van der Waals surface area contributed by atoms with E-state index in [-0.39, 0.29) is 17.7 Å². The minimum Gasteiger partial charge on any atom is -0.504 e. The summed E-state index contributed by atoms with van der Waals surface area (Å²) in [5.74, 6) is -0.508. The van der Waals surface area contributed by atoms with Crippen molar-refractivity contribution in [1.82, 2.24) is 5.32 Å². The van der Waals surface area contributed by atoms with Crippen LogP contribution >= 0.6 is 0 Å². The van der Waals surface area contributed by atoms with Gasteiger partial charge >= 0.3 is 5.97 Å². The van der Waals surface area contributed by atoms with Crippen LogP contribution in [0.1, 0.15) is 29.2 Å². The van der Waals surface area contributed by atoms with Crippen LogP contribution in [-0.4, -0.2) is 29.8 Å². The van der Waals surface area contributed by atoms with Gasteiger partial charge in [-0.3, -0.25) is 4.79 Å². The van der Waals surface area contributed by atoms with Crippen LogP contribution in [0.15, 0.2) is 6.07 Å². The summed E-state index contributed by atoms with van der Waals surface area (Å²) in [4.78, 5) is 11.0. The van der Waals surface area contributed by atoms with Gasteiger partial charge in [0, 0.05) is 12.6 Å². The molecule has 0 amide bonds. The second-order valence-electron chi connectivity index (χ2n) is 5.02. The highest BCUT2D eigenvalue weighted by molar-refractivity contribution is 5.71. The second-order valence-corrected chi connectivity index (χ2v) is 5.02. The molecular formula is C14H19NO4. The molecule has 5 nitrogen and oxygen atoms in total. The average Bonchev–Trinajstić information content (AvgIpc) is 2.84. The number of aliphatic carboxylic acids is 1. The predicted octanol–water partition coefficient (Wildman–Crippen LogP) is 1.75. The number of hydrogen-bond donors (Lipinski definition) is 3. The van der Waals surface area contributed by atoms with Gasteiger partial charge in [-0.25, -0.2) is 0 Å². The van der Waals surface area contributed by atoms with E-state index in [2.05, 4.69) is 5.32 Å². The molecule has 0 radical (unpaired) electrons. The average molecular weight is 265 g/mol. The van der Waals surface area contributed by atoms with Gasteiger partial charge in [-0.2, -0.15) is 0 Å². The Kier molecular flexibility index (Phi) is 3.66. The van der Waals surface area contributed by atoms with Gasteiger partial charge in [0.1, 0.15) is 0 Å². The van der Waals surface area contributed by atoms with E-state index in [4.69, 9.17) is 9.84 Å². The number of aromatic hydroxyl groups is 1. The van der Waals surface area contributed by atoms with Gasteiger partial charge in [-0.15, -0.1) is 0 Å². The van der Waals surface area contributed by atoms with E-state index in [0.29, 0.717) is 18.7 Å². The highest BCUT2D eigenvalue weighted by Crippen LogP contribution is 2.40. The summed E-state index contributed by atoms with van der Waals surface area (Å²) >= 11 is 0. The normalized spacial score (nSPS) is 22.5. The zero-order valence-corrected chi connectivity index (χ0v) is 11.4. The fourth-order valence-electron chi connectivity index (χ4n) is 2.67. The molecular weight excluding hydrogens is 246 g/mol. The number of aryl methyl sites for hydroxylation is 1. The SMILES string of the molecule is COc1c(C)c(C2CC(C(=O)O)CN2)cc(C)c1O. The van der Waals surface area contributed by atoms with Crippen molar-refractivity contribution < 1.29 is 19.7 Å². The molecule has 1 aromatic carbocycles. The molecule has 1 heterocycles. The van der Waals surface area contributed by atoms with Crippen LogP contribution < -0.4 is 10.1 Å². The Morgan fingerprint density at radius 1 is 1.47 bits per heavy atom. The number of hydrogen-bond acceptors (Lipinski definition) is 4. The number of benzene rings is 1. The summed E-state index contributed by atoms with van der Waals surface area (Å²) < 4.78 is 5.24. The number of carboxylic acids is 1. The fraction of sp³-hybridized carbons (Fsp3) is 0.500. The largest absolute Gasteiger partial charge is 0.504 e. The van der Waals surface area contributed by atoms with Gasteiger partial charge in [-0.05, 0) is 37.0 Å². The van der Waals surface area contributed by atoms with Crippen LogP contribution in [0.3, 0.4) is 0 Å². The van der Waals surface area contributed by atoms with Crippen molar-refractivity contribution in [2.75, 3.05) is 13.7 Å². The molecule has 2 unspecified atom stereocenters. The molecule has 0 aromatic heterocycles. The Bertz CT molecular complexity index is 513. The van der Waals surface area contributed by atoms with E-state index in [1.807, 2.05) is 19.9 Å². The monoisotopic (exact) mass is 265 g/mol. The molecule has 0 spiro atoms. The van der Waals surface area contributed by atoms with Crippen molar-refractivity contribution in [2.45, 2.75) is 26.3 Å². The fourth-order valence-corrected chi connectivity index (χ4v) is 2.67. The van der Waals surface area contributed by atoms with Gasteiger partial charge in [0.25, 0.3) is 0 Å². The number of phenolic OH excluding ortho intramolecular Hbond substituents is 1. The first-order chi connectivity index (χ1) is 8.95. The van der Waals surface area contributed by atoms with E-state index in [1.54, 1.807) is 0 Å². The van der Waals surface area contributed by atoms with Crippen LogP contribution in [0.25, 0.3) is 0 Å². The van der Waals surface area contributed by atoms with Crippen molar-refractivity contribution in [3.8, 4) is 11.5 Å². The van der Waals surface area contributed by atoms with Gasteiger partial charge in [0.15, 0.2) is 11.5 Å². The van der Waals surface area contributed by atoms with Crippen LogP contribution in [0.2, 0.25) is 0 Å². The Morgan fingerprint density at radius 2 is 2.16 bits per heavy atom. The van der Waals surface area contributed by atoms with Crippen molar-refractivity contribution >= 4 is 5.97 Å². The molecule has 1 aromatic rings. The van der Waals surface area contributed by atoms with Gasteiger partial charge < -0.3 is 20.3 Å². The smallest absolute Gasteiger partial charge is 0.307 e. The lowest BCUT2D eigenvalue weighted by Gasteiger charge is -2.19. The van der Waals surface area contributed by atoms with Crippen molar-refractivity contribution in [3.05, 3.63) is 22.8 Å². The highest BCUT2D eigenvalue weighted by atomic mass is 16.5. The number of methoxy groups -OCH3 is 1. The van der Waals surface area contributed by atoms with Crippen LogP contribution in [0.5, 0.6) is 11.5 Å².